The Balaban J connectivity index is 2.04. The number of nitrogens with zero attached hydrogens (tertiary/aromatic N) is 4. The molecule has 15 heteroatoms. The van der Waals surface area contributed by atoms with Gasteiger partial charge in [0.1, 0.15) is 24.1 Å². The van der Waals surface area contributed by atoms with Crippen molar-refractivity contribution in [2.45, 2.75) is 31.5 Å². The van der Waals surface area contributed by atoms with Crippen molar-refractivity contribution in [1.82, 2.24) is 19.5 Å². The fraction of sp³-hybridized carbons (Fsp3) is 0.538. The van der Waals surface area contributed by atoms with E-state index < -0.39 is 37.2 Å². The molecule has 5 atom stereocenters. The molecule has 3 heterocycles. The Labute approximate surface area is 170 Å². The Morgan fingerprint density at radius 3 is 2.86 bits per heavy atom. The molecule has 0 spiro atoms. The number of esters is 1. The summed E-state index contributed by atoms with van der Waals surface area (Å²) in [5.74, 6) is -0.416. The number of hydrogen-bond donors (Lipinski definition) is 3. The highest BCUT2D eigenvalue weighted by Gasteiger charge is 2.51. The molecule has 1 saturated heterocycles. The van der Waals surface area contributed by atoms with Crippen LogP contribution in [-0.2, 0) is 39.3 Å². The first-order valence-electron chi connectivity index (χ1n) is 7.86. The third-order valence-electron chi connectivity index (χ3n) is 3.97. The van der Waals surface area contributed by atoms with Crippen LogP contribution in [0.3, 0.4) is 0 Å². The highest BCUT2D eigenvalue weighted by Crippen LogP contribution is 2.49. The first-order chi connectivity index (χ1) is 13.3. The van der Waals surface area contributed by atoms with Gasteiger partial charge in [-0.25, -0.2) is 15.0 Å². The van der Waals surface area contributed by atoms with E-state index in [0.717, 1.165) is 0 Å². The van der Waals surface area contributed by atoms with Crippen molar-refractivity contribution in [1.29, 1.82) is 0 Å². The number of imidazole rings is 1. The number of aromatic nitrogens is 4. The second-order valence-electron chi connectivity index (χ2n) is 5.74. The van der Waals surface area contributed by atoms with Gasteiger partial charge in [-0.2, -0.15) is 0 Å². The SMILES string of the molecule is COP(O)(=S)O[C@@H]1C(COS)O[C@@H](n2cnc3c(N)ncnc32)[C@@H]1OC(C)=O. The Bertz CT molecular complexity index is 915. The molecule has 154 valence electrons. The Hall–Kier alpha value is -1.38. The third-order valence-corrected chi connectivity index (χ3v) is 5.80. The summed E-state index contributed by atoms with van der Waals surface area (Å²) in [5.41, 5.74) is 6.53. The lowest BCUT2D eigenvalue weighted by molar-refractivity contribution is -0.155. The molecular weight excluding hydrogens is 433 g/mol. The van der Waals surface area contributed by atoms with Gasteiger partial charge in [0.15, 0.2) is 23.8 Å². The predicted molar refractivity (Wildman–Crippen MR) is 103 cm³/mol. The number of fused-ring (bicyclic) bond motifs is 1. The molecule has 3 N–H and O–H groups in total. The quantitative estimate of drug-likeness (QED) is 0.230. The van der Waals surface area contributed by atoms with Crippen LogP contribution in [0.5, 0.6) is 0 Å². The molecule has 0 amide bonds. The number of ether oxygens (including phenoxy) is 2. The molecule has 3 rings (SSSR count). The van der Waals surface area contributed by atoms with E-state index in [9.17, 15) is 9.69 Å². The summed E-state index contributed by atoms with van der Waals surface area (Å²) in [7, 11) is 1.21. The lowest BCUT2D eigenvalue weighted by Gasteiger charge is -2.26. The van der Waals surface area contributed by atoms with Crippen LogP contribution in [0.2, 0.25) is 0 Å². The molecule has 1 aliphatic rings. The molecule has 0 aromatic carbocycles. The minimum atomic E-state index is -3.61. The number of nitrogen functional groups attached to an aromatic ring is 1. The zero-order valence-electron chi connectivity index (χ0n) is 14.7. The van der Waals surface area contributed by atoms with Crippen LogP contribution in [-0.4, -0.2) is 62.4 Å². The van der Waals surface area contributed by atoms with Crippen molar-refractivity contribution in [2.24, 2.45) is 0 Å². The van der Waals surface area contributed by atoms with Crippen LogP contribution < -0.4 is 5.73 Å². The van der Waals surface area contributed by atoms with Crippen LogP contribution >= 0.6 is 19.6 Å². The van der Waals surface area contributed by atoms with Gasteiger partial charge in [0.05, 0.1) is 12.9 Å². The number of anilines is 1. The maximum atomic E-state index is 11.7. The fourth-order valence-electron chi connectivity index (χ4n) is 2.84. The highest BCUT2D eigenvalue weighted by molar-refractivity contribution is 8.07. The van der Waals surface area contributed by atoms with Crippen molar-refractivity contribution in [2.75, 3.05) is 19.5 Å². The van der Waals surface area contributed by atoms with E-state index >= 15 is 0 Å². The van der Waals surface area contributed by atoms with Gasteiger partial charge in [-0.15, -0.1) is 0 Å². The lowest BCUT2D eigenvalue weighted by Crippen LogP contribution is -2.38. The summed E-state index contributed by atoms with van der Waals surface area (Å²) in [4.78, 5) is 34.1. The third kappa shape index (κ3) is 4.28. The molecule has 28 heavy (non-hydrogen) atoms. The fourth-order valence-corrected chi connectivity index (χ4v) is 3.93. The Morgan fingerprint density at radius 1 is 1.46 bits per heavy atom. The number of thiol groups is 1. The molecule has 0 saturated carbocycles. The number of carbonyl (C=O) groups is 1. The predicted octanol–water partition coefficient (Wildman–Crippen LogP) is 0.347. The summed E-state index contributed by atoms with van der Waals surface area (Å²) in [5, 5.41) is 0. The Kier molecular flexibility index (Phi) is 6.51. The average Bonchev–Trinajstić information content (AvgIpc) is 3.19. The molecule has 2 aromatic rings. The van der Waals surface area contributed by atoms with Crippen LogP contribution in [0.1, 0.15) is 13.2 Å². The van der Waals surface area contributed by atoms with Gasteiger partial charge in [-0.05, 0) is 24.7 Å². The van der Waals surface area contributed by atoms with Crippen molar-refractivity contribution in [3.63, 3.8) is 0 Å². The molecule has 0 radical (unpaired) electrons. The lowest BCUT2D eigenvalue weighted by atomic mass is 10.1. The second kappa shape index (κ2) is 8.55. The molecule has 12 nitrogen and oxygen atoms in total. The highest BCUT2D eigenvalue weighted by atomic mass is 32.5. The monoisotopic (exact) mass is 451 g/mol. The average molecular weight is 451 g/mol. The maximum Gasteiger partial charge on any atom is 0.324 e. The van der Waals surface area contributed by atoms with Gasteiger partial charge in [0, 0.05) is 14.0 Å². The summed E-state index contributed by atoms with van der Waals surface area (Å²) in [6.45, 7) is -2.43. The largest absolute Gasteiger partial charge is 0.455 e. The number of hydrogen-bond acceptors (Lipinski definition) is 12. The Morgan fingerprint density at radius 2 is 2.21 bits per heavy atom. The van der Waals surface area contributed by atoms with E-state index in [0.29, 0.717) is 11.2 Å². The van der Waals surface area contributed by atoms with Crippen LogP contribution in [0.15, 0.2) is 12.7 Å². The number of nitrogens with two attached hydrogens (primary N) is 1. The summed E-state index contributed by atoms with van der Waals surface area (Å²) >= 11 is 8.66. The van der Waals surface area contributed by atoms with Crippen molar-refractivity contribution in [3.8, 4) is 0 Å². The molecule has 1 fully saturated rings. The van der Waals surface area contributed by atoms with Crippen LogP contribution in [0, 0.1) is 0 Å². The van der Waals surface area contributed by atoms with E-state index in [1.54, 1.807) is 0 Å². The van der Waals surface area contributed by atoms with Crippen molar-refractivity contribution in [3.05, 3.63) is 12.7 Å². The smallest absolute Gasteiger partial charge is 0.324 e. The normalized spacial score (nSPS) is 27.0. The van der Waals surface area contributed by atoms with Gasteiger partial charge in [0.25, 0.3) is 0 Å². The zero-order chi connectivity index (χ0) is 20.5. The van der Waals surface area contributed by atoms with E-state index in [1.807, 2.05) is 0 Å². The standard InChI is InChI=1S/C13H18N5O7PS2/c1-6(19)23-10-9(25-26(20,28)21-2)7(3-22-27)24-13(10)18-5-17-8-11(14)15-4-16-12(8)18/h4-5,7,9-10,13,27H,3H2,1-2H3,(H,20,28)(H2,14,15,16)/t7?,9-,10-,13-,26?/m1/s1. The number of rotatable bonds is 7. The van der Waals surface area contributed by atoms with E-state index in [1.165, 1.54) is 31.3 Å². The first kappa shape index (κ1) is 21.3. The minimum Gasteiger partial charge on any atom is -0.455 e. The molecule has 2 unspecified atom stereocenters. The summed E-state index contributed by atoms with van der Waals surface area (Å²) < 4.78 is 28.1. The number of carbonyl (C=O) groups excluding carboxylic acids is 1. The first-order valence-corrected chi connectivity index (χ1v) is 10.8. The van der Waals surface area contributed by atoms with Crippen LogP contribution in [0.4, 0.5) is 5.82 Å². The van der Waals surface area contributed by atoms with Gasteiger partial charge in [-0.1, -0.05) is 0 Å². The zero-order valence-corrected chi connectivity index (χ0v) is 17.3. The molecule has 0 aliphatic carbocycles. The minimum absolute atomic E-state index is 0.0508. The van der Waals surface area contributed by atoms with Crippen molar-refractivity contribution < 1.29 is 32.4 Å². The van der Waals surface area contributed by atoms with E-state index in [-0.39, 0.29) is 12.4 Å². The van der Waals surface area contributed by atoms with Gasteiger partial charge in [-0.3, -0.25) is 13.9 Å². The summed E-state index contributed by atoms with van der Waals surface area (Å²) in [6.07, 6.45) is -1.06. The molecule has 0 bridgehead atoms. The van der Waals surface area contributed by atoms with Gasteiger partial charge in [0.2, 0.25) is 0 Å². The van der Waals surface area contributed by atoms with Crippen LogP contribution in [0.25, 0.3) is 11.2 Å². The van der Waals surface area contributed by atoms with E-state index in [2.05, 4.69) is 27.9 Å². The molecular formula is C13H18N5O7PS2. The molecule has 2 aromatic heterocycles. The van der Waals surface area contributed by atoms with Crippen molar-refractivity contribution >= 4 is 54.4 Å². The van der Waals surface area contributed by atoms with E-state index in [4.69, 9.17) is 40.2 Å². The maximum absolute atomic E-state index is 11.7. The van der Waals surface area contributed by atoms with Gasteiger partial charge < -0.3 is 28.8 Å². The molecule has 1 aliphatic heterocycles. The topological polar surface area (TPSA) is 153 Å². The van der Waals surface area contributed by atoms with Gasteiger partial charge >= 0.3 is 12.7 Å². The summed E-state index contributed by atoms with van der Waals surface area (Å²) in [6, 6.07) is 0. The second-order valence-corrected chi connectivity index (χ2v) is 8.89.